The second-order valence-corrected chi connectivity index (χ2v) is 5.66. The van der Waals surface area contributed by atoms with Crippen LogP contribution in [-0.2, 0) is 14.2 Å². The van der Waals surface area contributed by atoms with E-state index in [1.807, 2.05) is 24.3 Å². The molecule has 26 heavy (non-hydrogen) atoms. The van der Waals surface area contributed by atoms with Crippen molar-refractivity contribution in [3.63, 3.8) is 0 Å². The Morgan fingerprint density at radius 1 is 0.962 bits per heavy atom. The molecule has 0 heterocycles. The maximum Gasteiger partial charge on any atom is 0.195 e. The maximum atomic E-state index is 5.71. The first kappa shape index (κ1) is 22.2. The summed E-state index contributed by atoms with van der Waals surface area (Å²) in [5, 5.41) is 6.58. The molecule has 0 amide bonds. The van der Waals surface area contributed by atoms with Crippen molar-refractivity contribution in [3.8, 4) is 5.75 Å². The number of anilines is 1. The van der Waals surface area contributed by atoms with Crippen molar-refractivity contribution in [1.82, 2.24) is 5.32 Å². The number of guanidine groups is 1. The van der Waals surface area contributed by atoms with E-state index in [0.717, 1.165) is 49.8 Å². The Morgan fingerprint density at radius 2 is 1.81 bits per heavy atom. The van der Waals surface area contributed by atoms with Crippen LogP contribution in [-0.4, -0.2) is 66.8 Å². The Balaban J connectivity index is 2.25. The lowest BCUT2D eigenvalue weighted by Gasteiger charge is -2.13. The highest BCUT2D eigenvalue weighted by atomic mass is 16.5. The second-order valence-electron chi connectivity index (χ2n) is 5.66. The molecule has 0 aliphatic rings. The molecule has 1 aromatic rings. The monoisotopic (exact) mass is 367 g/mol. The van der Waals surface area contributed by atoms with Gasteiger partial charge in [-0.25, -0.2) is 0 Å². The molecule has 0 aliphatic heterocycles. The van der Waals surface area contributed by atoms with Crippen molar-refractivity contribution in [2.75, 3.05) is 66.2 Å². The lowest BCUT2D eigenvalue weighted by molar-refractivity contribution is 0.0689. The molecule has 0 fully saturated rings. The largest absolute Gasteiger partial charge is 0.493 e. The Bertz CT molecular complexity index is 497. The number of ether oxygens (including phenoxy) is 4. The molecule has 0 saturated heterocycles. The third-order valence-corrected chi connectivity index (χ3v) is 3.52. The van der Waals surface area contributed by atoms with Gasteiger partial charge < -0.3 is 29.6 Å². The molecule has 7 nitrogen and oxygen atoms in total. The molecule has 1 rings (SSSR count). The fraction of sp³-hybridized carbons (Fsp3) is 0.632. The molecule has 1 aromatic carbocycles. The Kier molecular flexibility index (Phi) is 13.2. The summed E-state index contributed by atoms with van der Waals surface area (Å²) in [5.74, 6) is 1.57. The summed E-state index contributed by atoms with van der Waals surface area (Å²) in [6.45, 7) is 4.21. The minimum atomic E-state index is 0.636. The van der Waals surface area contributed by atoms with Gasteiger partial charge in [0.2, 0.25) is 0 Å². The van der Waals surface area contributed by atoms with Crippen LogP contribution in [0.1, 0.15) is 19.3 Å². The summed E-state index contributed by atoms with van der Waals surface area (Å²) < 4.78 is 21.1. The van der Waals surface area contributed by atoms with Crippen molar-refractivity contribution in [3.05, 3.63) is 24.3 Å². The summed E-state index contributed by atoms with van der Waals surface area (Å²) in [5.41, 5.74) is 0.935. The van der Waals surface area contributed by atoms with Crippen LogP contribution < -0.4 is 15.4 Å². The van der Waals surface area contributed by atoms with Gasteiger partial charge in [-0.2, -0.15) is 0 Å². The van der Waals surface area contributed by atoms with Gasteiger partial charge >= 0.3 is 0 Å². The number of methoxy groups -OCH3 is 2. The molecule has 7 heteroatoms. The van der Waals surface area contributed by atoms with Crippen LogP contribution in [0.5, 0.6) is 5.75 Å². The average Bonchev–Trinajstić information content (AvgIpc) is 2.66. The normalized spacial score (nSPS) is 11.4. The smallest absolute Gasteiger partial charge is 0.195 e. The number of unbranched alkanes of at least 4 members (excludes halogenated alkanes) is 1. The predicted octanol–water partition coefficient (Wildman–Crippen LogP) is 2.53. The van der Waals surface area contributed by atoms with Crippen LogP contribution >= 0.6 is 0 Å². The Labute approximate surface area is 157 Å². The van der Waals surface area contributed by atoms with Crippen LogP contribution in [0.15, 0.2) is 29.3 Å². The summed E-state index contributed by atoms with van der Waals surface area (Å²) >= 11 is 0. The third kappa shape index (κ3) is 10.9. The van der Waals surface area contributed by atoms with Crippen LogP contribution in [0.25, 0.3) is 0 Å². The number of hydrogen-bond donors (Lipinski definition) is 2. The van der Waals surface area contributed by atoms with Gasteiger partial charge in [-0.15, -0.1) is 0 Å². The minimum Gasteiger partial charge on any atom is -0.493 e. The lowest BCUT2D eigenvalue weighted by Crippen LogP contribution is -2.31. The van der Waals surface area contributed by atoms with Crippen molar-refractivity contribution in [1.29, 1.82) is 0 Å². The SMILES string of the molecule is CN=C(NCCCCOCCOC)Nc1cccc(OCCCOC)c1. The Morgan fingerprint density at radius 3 is 2.58 bits per heavy atom. The highest BCUT2D eigenvalue weighted by Gasteiger charge is 2.01. The minimum absolute atomic E-state index is 0.636. The summed E-state index contributed by atoms with van der Waals surface area (Å²) in [6.07, 6.45) is 2.88. The van der Waals surface area contributed by atoms with E-state index >= 15 is 0 Å². The molecule has 0 atom stereocenters. The van der Waals surface area contributed by atoms with Crippen molar-refractivity contribution < 1.29 is 18.9 Å². The van der Waals surface area contributed by atoms with Gasteiger partial charge in [0, 0.05) is 59.2 Å². The number of benzene rings is 1. The van der Waals surface area contributed by atoms with Gasteiger partial charge in [0.15, 0.2) is 5.96 Å². The molecular formula is C19H33N3O4. The molecular weight excluding hydrogens is 334 g/mol. The molecule has 0 aromatic heterocycles. The van der Waals surface area contributed by atoms with Crippen LogP contribution in [0, 0.1) is 0 Å². The van der Waals surface area contributed by atoms with Crippen molar-refractivity contribution in [2.45, 2.75) is 19.3 Å². The summed E-state index contributed by atoms with van der Waals surface area (Å²) in [6, 6.07) is 7.85. The van der Waals surface area contributed by atoms with E-state index in [1.165, 1.54) is 0 Å². The van der Waals surface area contributed by atoms with Gasteiger partial charge in [0.1, 0.15) is 5.75 Å². The maximum absolute atomic E-state index is 5.71. The predicted molar refractivity (Wildman–Crippen MR) is 105 cm³/mol. The number of hydrogen-bond acceptors (Lipinski definition) is 5. The third-order valence-electron chi connectivity index (χ3n) is 3.52. The molecule has 0 spiro atoms. The molecule has 0 unspecified atom stereocenters. The van der Waals surface area contributed by atoms with Crippen LogP contribution in [0.2, 0.25) is 0 Å². The van der Waals surface area contributed by atoms with E-state index in [2.05, 4.69) is 15.6 Å². The van der Waals surface area contributed by atoms with Crippen molar-refractivity contribution in [2.24, 2.45) is 4.99 Å². The zero-order valence-corrected chi connectivity index (χ0v) is 16.3. The van der Waals surface area contributed by atoms with Gasteiger partial charge in [0.05, 0.1) is 19.8 Å². The molecule has 148 valence electrons. The number of aliphatic imine (C=N–C) groups is 1. The first-order valence-corrected chi connectivity index (χ1v) is 9.06. The van der Waals surface area contributed by atoms with Gasteiger partial charge in [-0.3, -0.25) is 4.99 Å². The highest BCUT2D eigenvalue weighted by Crippen LogP contribution is 2.17. The Hall–Kier alpha value is -1.83. The number of nitrogens with zero attached hydrogens (tertiary/aromatic N) is 1. The van der Waals surface area contributed by atoms with Gasteiger partial charge in [0.25, 0.3) is 0 Å². The highest BCUT2D eigenvalue weighted by molar-refractivity contribution is 5.93. The van der Waals surface area contributed by atoms with E-state index in [0.29, 0.717) is 26.4 Å². The first-order chi connectivity index (χ1) is 12.8. The zero-order chi connectivity index (χ0) is 18.9. The molecule has 2 N–H and O–H groups in total. The van der Waals surface area contributed by atoms with Crippen LogP contribution in [0.4, 0.5) is 5.69 Å². The zero-order valence-electron chi connectivity index (χ0n) is 16.3. The van der Waals surface area contributed by atoms with E-state index in [9.17, 15) is 0 Å². The molecule has 0 saturated carbocycles. The topological polar surface area (TPSA) is 73.3 Å². The number of nitrogens with one attached hydrogen (secondary N) is 2. The molecule has 0 radical (unpaired) electrons. The fourth-order valence-electron chi connectivity index (χ4n) is 2.15. The quantitative estimate of drug-likeness (QED) is 0.299. The molecule has 0 bridgehead atoms. The molecule has 0 aliphatic carbocycles. The van der Waals surface area contributed by atoms with Crippen molar-refractivity contribution >= 4 is 11.6 Å². The lowest BCUT2D eigenvalue weighted by atomic mass is 10.3. The average molecular weight is 367 g/mol. The van der Waals surface area contributed by atoms with Gasteiger partial charge in [-0.1, -0.05) is 6.07 Å². The van der Waals surface area contributed by atoms with E-state index in [1.54, 1.807) is 21.3 Å². The first-order valence-electron chi connectivity index (χ1n) is 9.06. The summed E-state index contributed by atoms with van der Waals surface area (Å²) in [4.78, 5) is 4.25. The van der Waals surface area contributed by atoms with Gasteiger partial charge in [-0.05, 0) is 25.0 Å². The van der Waals surface area contributed by atoms with E-state index in [-0.39, 0.29) is 0 Å². The number of rotatable bonds is 14. The summed E-state index contributed by atoms with van der Waals surface area (Å²) in [7, 11) is 5.13. The van der Waals surface area contributed by atoms with E-state index < -0.39 is 0 Å². The van der Waals surface area contributed by atoms with E-state index in [4.69, 9.17) is 18.9 Å². The second kappa shape index (κ2) is 15.4. The van der Waals surface area contributed by atoms with Crippen LogP contribution in [0.3, 0.4) is 0 Å². The standard InChI is InChI=1S/C19H33N3O4/c1-20-19(21-10-4-5-12-25-15-14-24-3)22-17-8-6-9-18(16-17)26-13-7-11-23-2/h6,8-9,16H,4-5,7,10-15H2,1-3H3,(H2,20,21,22). The fourth-order valence-corrected chi connectivity index (χ4v) is 2.15.